The fourth-order valence-corrected chi connectivity index (χ4v) is 5.04. The van der Waals surface area contributed by atoms with Crippen molar-refractivity contribution in [3.05, 3.63) is 53.6 Å². The highest BCUT2D eigenvalue weighted by atomic mass is 32.2. The van der Waals surface area contributed by atoms with Crippen LogP contribution in [0.5, 0.6) is 17.2 Å². The summed E-state index contributed by atoms with van der Waals surface area (Å²) in [4.78, 5) is 28.5. The number of carbonyl (C=O) groups excluding carboxylic acids is 2. The molecule has 1 aliphatic rings. The second-order valence-corrected chi connectivity index (χ2v) is 8.99. The van der Waals surface area contributed by atoms with Crippen LogP contribution in [0.15, 0.2) is 42.5 Å². The molecule has 2 amide bonds. The summed E-state index contributed by atoms with van der Waals surface area (Å²) >= 11 is 1.58. The highest BCUT2D eigenvalue weighted by Gasteiger charge is 2.42. The van der Waals surface area contributed by atoms with E-state index in [9.17, 15) is 9.59 Å². The van der Waals surface area contributed by atoms with Crippen molar-refractivity contribution < 1.29 is 23.8 Å². The van der Waals surface area contributed by atoms with Crippen molar-refractivity contribution in [2.45, 2.75) is 25.3 Å². The molecule has 172 valence electrons. The molecule has 8 heteroatoms. The molecule has 1 fully saturated rings. The molecule has 0 aliphatic carbocycles. The summed E-state index contributed by atoms with van der Waals surface area (Å²) in [6.07, 6.45) is 0. The molecule has 32 heavy (non-hydrogen) atoms. The first-order valence-corrected chi connectivity index (χ1v) is 11.5. The summed E-state index contributed by atoms with van der Waals surface area (Å²) in [6, 6.07) is 12.4. The standard InChI is InChI=1S/C24H30N2O5S/c1-15(2)13-25-22(27)18-14-32-24(16-9-7-6-8-10-16)26(18)23(28)17-11-19(29-3)21(31-5)20(12-17)30-4/h6-12,15,18,24H,13-14H2,1-5H3,(H,25,27). The van der Waals surface area contributed by atoms with Crippen molar-refractivity contribution in [2.24, 2.45) is 5.92 Å². The van der Waals surface area contributed by atoms with E-state index < -0.39 is 6.04 Å². The van der Waals surface area contributed by atoms with Gasteiger partial charge in [-0.3, -0.25) is 9.59 Å². The lowest BCUT2D eigenvalue weighted by Crippen LogP contribution is -2.48. The Morgan fingerprint density at radius 1 is 1.06 bits per heavy atom. The average Bonchev–Trinajstić information content (AvgIpc) is 3.26. The zero-order valence-electron chi connectivity index (χ0n) is 19.1. The van der Waals surface area contributed by atoms with E-state index in [0.717, 1.165) is 5.56 Å². The Balaban J connectivity index is 2.01. The maximum Gasteiger partial charge on any atom is 0.256 e. The lowest BCUT2D eigenvalue weighted by Gasteiger charge is -2.29. The number of carbonyl (C=O) groups is 2. The van der Waals surface area contributed by atoms with Gasteiger partial charge in [0.25, 0.3) is 5.91 Å². The zero-order valence-corrected chi connectivity index (χ0v) is 19.9. The van der Waals surface area contributed by atoms with Crippen LogP contribution in [0.4, 0.5) is 0 Å². The first-order chi connectivity index (χ1) is 15.4. The number of rotatable bonds is 8. The normalized spacial score (nSPS) is 17.9. The Kier molecular flexibility index (Phi) is 7.90. The molecule has 1 heterocycles. The van der Waals surface area contributed by atoms with Gasteiger partial charge in [-0.15, -0.1) is 11.8 Å². The minimum absolute atomic E-state index is 0.148. The minimum Gasteiger partial charge on any atom is -0.493 e. The number of methoxy groups -OCH3 is 3. The van der Waals surface area contributed by atoms with E-state index >= 15 is 0 Å². The van der Waals surface area contributed by atoms with Gasteiger partial charge in [0.05, 0.1) is 21.3 Å². The maximum atomic E-state index is 13.8. The van der Waals surface area contributed by atoms with Gasteiger partial charge in [-0.25, -0.2) is 0 Å². The molecule has 2 aromatic rings. The van der Waals surface area contributed by atoms with Crippen molar-refractivity contribution in [1.82, 2.24) is 10.2 Å². The largest absolute Gasteiger partial charge is 0.493 e. The van der Waals surface area contributed by atoms with E-state index in [1.54, 1.807) is 28.8 Å². The molecule has 0 aromatic heterocycles. The van der Waals surface area contributed by atoms with Crippen molar-refractivity contribution in [2.75, 3.05) is 33.6 Å². The van der Waals surface area contributed by atoms with Gasteiger partial charge >= 0.3 is 0 Å². The van der Waals surface area contributed by atoms with Crippen molar-refractivity contribution in [3.63, 3.8) is 0 Å². The van der Waals surface area contributed by atoms with Gasteiger partial charge in [0.2, 0.25) is 11.7 Å². The number of ether oxygens (including phenoxy) is 3. The van der Waals surface area contributed by atoms with Gasteiger partial charge in [-0.05, 0) is 23.6 Å². The van der Waals surface area contributed by atoms with Crippen LogP contribution in [0.3, 0.4) is 0 Å². The molecule has 0 spiro atoms. The van der Waals surface area contributed by atoms with E-state index in [1.807, 2.05) is 44.2 Å². The molecule has 0 saturated carbocycles. The lowest BCUT2D eigenvalue weighted by molar-refractivity contribution is -0.125. The minimum atomic E-state index is -0.587. The van der Waals surface area contributed by atoms with Crippen LogP contribution in [-0.4, -0.2) is 56.4 Å². The Morgan fingerprint density at radius 2 is 1.69 bits per heavy atom. The van der Waals surface area contributed by atoms with Crippen molar-refractivity contribution >= 4 is 23.6 Å². The zero-order chi connectivity index (χ0) is 23.3. The summed E-state index contributed by atoms with van der Waals surface area (Å²) in [7, 11) is 4.53. The second-order valence-electron chi connectivity index (χ2n) is 7.88. The quantitative estimate of drug-likeness (QED) is 0.649. The molecule has 1 N–H and O–H groups in total. The summed E-state index contributed by atoms with van der Waals surface area (Å²) in [5, 5.41) is 2.70. The molecular weight excluding hydrogens is 428 g/mol. The number of nitrogens with zero attached hydrogens (tertiary/aromatic N) is 1. The maximum absolute atomic E-state index is 13.8. The molecule has 2 atom stereocenters. The predicted molar refractivity (Wildman–Crippen MR) is 126 cm³/mol. The second kappa shape index (κ2) is 10.6. The topological polar surface area (TPSA) is 77.1 Å². The molecule has 2 unspecified atom stereocenters. The highest BCUT2D eigenvalue weighted by molar-refractivity contribution is 7.99. The van der Waals surface area contributed by atoms with Crippen LogP contribution >= 0.6 is 11.8 Å². The number of thioether (sulfide) groups is 1. The Hall–Kier alpha value is -2.87. The molecular formula is C24H30N2O5S. The van der Waals surface area contributed by atoms with Gasteiger partial charge in [0.15, 0.2) is 11.5 Å². The van der Waals surface area contributed by atoms with E-state index in [1.165, 1.54) is 21.3 Å². The molecule has 0 radical (unpaired) electrons. The molecule has 3 rings (SSSR count). The highest BCUT2D eigenvalue weighted by Crippen LogP contribution is 2.44. The third-order valence-corrected chi connectivity index (χ3v) is 6.54. The summed E-state index contributed by atoms with van der Waals surface area (Å²) < 4.78 is 16.2. The number of benzene rings is 2. The van der Waals surface area contributed by atoms with Crippen LogP contribution in [0.1, 0.15) is 35.1 Å². The number of hydrogen-bond acceptors (Lipinski definition) is 6. The van der Waals surface area contributed by atoms with E-state index in [4.69, 9.17) is 14.2 Å². The predicted octanol–water partition coefficient (Wildman–Crippen LogP) is 3.74. The Labute approximate surface area is 193 Å². The molecule has 2 aromatic carbocycles. The van der Waals surface area contributed by atoms with E-state index in [0.29, 0.717) is 41.0 Å². The Bertz CT molecular complexity index is 926. The smallest absolute Gasteiger partial charge is 0.256 e. The van der Waals surface area contributed by atoms with Crippen LogP contribution in [0.25, 0.3) is 0 Å². The van der Waals surface area contributed by atoms with Crippen LogP contribution in [-0.2, 0) is 4.79 Å². The third kappa shape index (κ3) is 4.96. The van der Waals surface area contributed by atoms with E-state index in [-0.39, 0.29) is 17.2 Å². The van der Waals surface area contributed by atoms with Gasteiger partial charge in [0.1, 0.15) is 11.4 Å². The first-order valence-electron chi connectivity index (χ1n) is 10.5. The molecule has 1 saturated heterocycles. The number of hydrogen-bond donors (Lipinski definition) is 1. The SMILES string of the molecule is COc1cc(C(=O)N2C(C(=O)NCC(C)C)CSC2c2ccccc2)cc(OC)c1OC. The van der Waals surface area contributed by atoms with Crippen molar-refractivity contribution in [3.8, 4) is 17.2 Å². The summed E-state index contributed by atoms with van der Waals surface area (Å²) in [6.45, 7) is 4.63. The van der Waals surface area contributed by atoms with Crippen LogP contribution in [0.2, 0.25) is 0 Å². The average molecular weight is 459 g/mol. The summed E-state index contributed by atoms with van der Waals surface area (Å²) in [5.41, 5.74) is 1.34. The number of amides is 2. The molecule has 1 aliphatic heterocycles. The van der Waals surface area contributed by atoms with Gasteiger partial charge in [-0.1, -0.05) is 44.2 Å². The molecule has 0 bridgehead atoms. The fraction of sp³-hybridized carbons (Fsp3) is 0.417. The van der Waals surface area contributed by atoms with Crippen LogP contribution < -0.4 is 19.5 Å². The van der Waals surface area contributed by atoms with Crippen LogP contribution in [0, 0.1) is 5.92 Å². The van der Waals surface area contributed by atoms with Gasteiger partial charge < -0.3 is 24.4 Å². The van der Waals surface area contributed by atoms with Gasteiger partial charge in [-0.2, -0.15) is 0 Å². The van der Waals surface area contributed by atoms with E-state index in [2.05, 4.69) is 5.32 Å². The number of nitrogens with one attached hydrogen (secondary N) is 1. The monoisotopic (exact) mass is 458 g/mol. The van der Waals surface area contributed by atoms with Crippen molar-refractivity contribution in [1.29, 1.82) is 0 Å². The molecule has 7 nitrogen and oxygen atoms in total. The Morgan fingerprint density at radius 3 is 2.22 bits per heavy atom. The summed E-state index contributed by atoms with van der Waals surface area (Å²) in [5.74, 6) is 1.60. The fourth-order valence-electron chi connectivity index (χ4n) is 3.61. The third-order valence-electron chi connectivity index (χ3n) is 5.22. The van der Waals surface area contributed by atoms with Gasteiger partial charge in [0, 0.05) is 17.9 Å². The first kappa shape index (κ1) is 23.8. The lowest BCUT2D eigenvalue weighted by atomic mass is 10.1.